The Kier molecular flexibility index (Phi) is 7.88. The quantitative estimate of drug-likeness (QED) is 0.318. The number of ketones is 1. The van der Waals surface area contributed by atoms with Gasteiger partial charge in [0.25, 0.3) is 0 Å². The maximum Gasteiger partial charge on any atom is 0.238 e. The predicted octanol–water partition coefficient (Wildman–Crippen LogP) is 3.48. The summed E-state index contributed by atoms with van der Waals surface area (Å²) in [5.74, 6) is 1.19. The van der Waals surface area contributed by atoms with Crippen LogP contribution in [-0.2, 0) is 16.6 Å². The fraction of sp³-hybridized carbons (Fsp3) is 0.364. The van der Waals surface area contributed by atoms with Gasteiger partial charge in [-0.3, -0.25) is 4.79 Å². The van der Waals surface area contributed by atoms with Gasteiger partial charge in [0.05, 0.1) is 43.0 Å². The van der Waals surface area contributed by atoms with Crippen LogP contribution < -0.4 is 19.3 Å². The van der Waals surface area contributed by atoms with Gasteiger partial charge in [0, 0.05) is 12.1 Å². The molecule has 0 aliphatic carbocycles. The molecule has 0 aliphatic heterocycles. The summed E-state index contributed by atoms with van der Waals surface area (Å²) in [4.78, 5) is 17.6. The first-order chi connectivity index (χ1) is 15.7. The summed E-state index contributed by atoms with van der Waals surface area (Å²) >= 11 is 1.29. The second-order valence-corrected chi connectivity index (χ2v) is 9.72. The number of thioether (sulfide) groups is 1. The van der Waals surface area contributed by atoms with Crippen LogP contribution in [0.5, 0.6) is 17.2 Å². The van der Waals surface area contributed by atoms with Crippen LogP contribution in [0, 0.1) is 0 Å². The largest absolute Gasteiger partial charge is 0.493 e. The van der Waals surface area contributed by atoms with Crippen molar-refractivity contribution in [1.29, 1.82) is 0 Å². The Balaban J connectivity index is 1.92. The number of Topliss-reactive ketones (excluding diaryl/α,β-unsaturated/α-hetero) is 1. The number of nitrogens with zero attached hydrogens (tertiary/aromatic N) is 2. The van der Waals surface area contributed by atoms with E-state index in [4.69, 9.17) is 19.3 Å². The Morgan fingerprint density at radius 2 is 1.76 bits per heavy atom. The standard InChI is InChI=1S/C22H27N3O6S2/c1-5-6-9-25-17-8-7-15(33(23,27)28)12-16(17)24-22(25)32-13-18(26)14-10-19(29-2)21(31-4)20(11-14)30-3/h7-8,10-12H,5-6,9,13H2,1-4H3,(H2,23,27,28). The molecule has 0 amide bonds. The van der Waals surface area contributed by atoms with E-state index in [1.165, 1.54) is 45.2 Å². The lowest BCUT2D eigenvalue weighted by molar-refractivity contribution is 0.102. The van der Waals surface area contributed by atoms with Gasteiger partial charge < -0.3 is 18.8 Å². The van der Waals surface area contributed by atoms with Crippen molar-refractivity contribution >= 4 is 38.6 Å². The molecule has 0 saturated heterocycles. The first-order valence-electron chi connectivity index (χ1n) is 10.2. The van der Waals surface area contributed by atoms with Gasteiger partial charge in [0.1, 0.15) is 0 Å². The molecule has 0 aliphatic rings. The molecule has 178 valence electrons. The molecule has 0 saturated carbocycles. The van der Waals surface area contributed by atoms with Crippen molar-refractivity contribution in [2.75, 3.05) is 27.1 Å². The van der Waals surface area contributed by atoms with E-state index in [1.54, 1.807) is 18.2 Å². The molecule has 3 rings (SSSR count). The molecule has 3 aromatic rings. The third-order valence-electron chi connectivity index (χ3n) is 5.07. The summed E-state index contributed by atoms with van der Waals surface area (Å²) in [5.41, 5.74) is 1.73. The van der Waals surface area contributed by atoms with Gasteiger partial charge >= 0.3 is 0 Å². The van der Waals surface area contributed by atoms with E-state index in [2.05, 4.69) is 11.9 Å². The number of aryl methyl sites for hydroxylation is 1. The number of methoxy groups -OCH3 is 3. The molecular weight excluding hydrogens is 466 g/mol. The van der Waals surface area contributed by atoms with Crippen molar-refractivity contribution in [2.24, 2.45) is 5.14 Å². The summed E-state index contributed by atoms with van der Waals surface area (Å²) in [6.45, 7) is 2.78. The zero-order chi connectivity index (χ0) is 24.2. The molecule has 0 radical (unpaired) electrons. The highest BCUT2D eigenvalue weighted by molar-refractivity contribution is 7.99. The number of benzene rings is 2. The number of ether oxygens (including phenoxy) is 3. The highest BCUT2D eigenvalue weighted by Gasteiger charge is 2.19. The van der Waals surface area contributed by atoms with Gasteiger partial charge in [0.2, 0.25) is 15.8 Å². The SMILES string of the molecule is CCCCn1c(SCC(=O)c2cc(OC)c(OC)c(OC)c2)nc2cc(S(N)(=O)=O)ccc21. The van der Waals surface area contributed by atoms with Crippen molar-refractivity contribution in [3.05, 3.63) is 35.9 Å². The molecule has 2 N–H and O–H groups in total. The number of imidazole rings is 1. The predicted molar refractivity (Wildman–Crippen MR) is 127 cm³/mol. The summed E-state index contributed by atoms with van der Waals surface area (Å²) in [7, 11) is 0.645. The third-order valence-corrected chi connectivity index (χ3v) is 6.95. The van der Waals surface area contributed by atoms with Crippen LogP contribution in [0.2, 0.25) is 0 Å². The second kappa shape index (κ2) is 10.4. The summed E-state index contributed by atoms with van der Waals surface area (Å²) in [6.07, 6.45) is 1.89. The van der Waals surface area contributed by atoms with E-state index >= 15 is 0 Å². The first-order valence-corrected chi connectivity index (χ1v) is 12.8. The fourth-order valence-electron chi connectivity index (χ4n) is 3.36. The Morgan fingerprint density at radius 1 is 1.09 bits per heavy atom. The number of hydrogen-bond donors (Lipinski definition) is 1. The maximum atomic E-state index is 13.0. The third kappa shape index (κ3) is 5.43. The Bertz CT molecular complexity index is 1250. The minimum absolute atomic E-state index is 0.000177. The molecular formula is C22H27N3O6S2. The highest BCUT2D eigenvalue weighted by atomic mass is 32.2. The van der Waals surface area contributed by atoms with E-state index in [0.717, 1.165) is 18.4 Å². The van der Waals surface area contributed by atoms with Crippen LogP contribution in [-0.4, -0.2) is 50.8 Å². The van der Waals surface area contributed by atoms with Crippen LogP contribution in [0.4, 0.5) is 0 Å². The average Bonchev–Trinajstić information content (AvgIpc) is 3.15. The van der Waals surface area contributed by atoms with E-state index in [1.807, 2.05) is 4.57 Å². The van der Waals surface area contributed by atoms with Crippen molar-refractivity contribution in [2.45, 2.75) is 36.4 Å². The first kappa shape index (κ1) is 24.9. The number of nitrogens with two attached hydrogens (primary N) is 1. The molecule has 2 aromatic carbocycles. The summed E-state index contributed by atoms with van der Waals surface area (Å²) in [5, 5.41) is 5.89. The molecule has 0 bridgehead atoms. The number of carbonyl (C=O) groups is 1. The fourth-order valence-corrected chi connectivity index (χ4v) is 4.83. The number of unbranched alkanes of at least 4 members (excludes halogenated alkanes) is 1. The number of carbonyl (C=O) groups excluding carboxylic acids is 1. The number of rotatable bonds is 11. The number of primary sulfonamides is 1. The van der Waals surface area contributed by atoms with Gasteiger partial charge in [-0.05, 0) is 36.8 Å². The van der Waals surface area contributed by atoms with Gasteiger partial charge in [-0.2, -0.15) is 0 Å². The van der Waals surface area contributed by atoms with E-state index in [0.29, 0.717) is 40.0 Å². The molecule has 11 heteroatoms. The van der Waals surface area contributed by atoms with Crippen LogP contribution in [0.1, 0.15) is 30.1 Å². The maximum absolute atomic E-state index is 13.0. The minimum atomic E-state index is -3.84. The topological polar surface area (TPSA) is 123 Å². The number of hydrogen-bond acceptors (Lipinski definition) is 8. The van der Waals surface area contributed by atoms with Crippen molar-refractivity contribution in [3.63, 3.8) is 0 Å². The van der Waals surface area contributed by atoms with E-state index < -0.39 is 10.0 Å². The minimum Gasteiger partial charge on any atom is -0.493 e. The molecule has 1 heterocycles. The van der Waals surface area contributed by atoms with E-state index in [-0.39, 0.29) is 16.4 Å². The van der Waals surface area contributed by atoms with E-state index in [9.17, 15) is 13.2 Å². The molecule has 1 aromatic heterocycles. The van der Waals surface area contributed by atoms with Crippen molar-refractivity contribution < 1.29 is 27.4 Å². The van der Waals surface area contributed by atoms with Gasteiger partial charge in [-0.15, -0.1) is 0 Å². The lowest BCUT2D eigenvalue weighted by atomic mass is 10.1. The smallest absolute Gasteiger partial charge is 0.238 e. The molecule has 0 atom stereocenters. The Labute approximate surface area is 197 Å². The molecule has 33 heavy (non-hydrogen) atoms. The highest BCUT2D eigenvalue weighted by Crippen LogP contribution is 2.38. The van der Waals surface area contributed by atoms with Gasteiger partial charge in [-0.1, -0.05) is 25.1 Å². The van der Waals surface area contributed by atoms with Gasteiger partial charge in [-0.25, -0.2) is 18.5 Å². The van der Waals surface area contributed by atoms with Crippen LogP contribution >= 0.6 is 11.8 Å². The average molecular weight is 494 g/mol. The Hall–Kier alpha value is -2.76. The number of sulfonamides is 1. The molecule has 0 spiro atoms. The zero-order valence-corrected chi connectivity index (χ0v) is 20.6. The zero-order valence-electron chi connectivity index (χ0n) is 19.0. The lowest BCUT2D eigenvalue weighted by Gasteiger charge is -2.13. The van der Waals surface area contributed by atoms with Crippen molar-refractivity contribution in [1.82, 2.24) is 9.55 Å². The summed E-state index contributed by atoms with van der Waals surface area (Å²) < 4.78 is 41.4. The van der Waals surface area contributed by atoms with Crippen LogP contribution in [0.15, 0.2) is 40.4 Å². The van der Waals surface area contributed by atoms with Crippen molar-refractivity contribution in [3.8, 4) is 17.2 Å². The number of fused-ring (bicyclic) bond motifs is 1. The van der Waals surface area contributed by atoms with Crippen LogP contribution in [0.3, 0.4) is 0 Å². The normalized spacial score (nSPS) is 11.5. The van der Waals surface area contributed by atoms with Crippen LogP contribution in [0.25, 0.3) is 11.0 Å². The second-order valence-electron chi connectivity index (χ2n) is 7.22. The Morgan fingerprint density at radius 3 is 2.30 bits per heavy atom. The molecule has 0 fully saturated rings. The van der Waals surface area contributed by atoms with Gasteiger partial charge in [0.15, 0.2) is 22.4 Å². The number of aromatic nitrogens is 2. The lowest BCUT2D eigenvalue weighted by Crippen LogP contribution is -2.11. The molecule has 9 nitrogen and oxygen atoms in total. The molecule has 0 unspecified atom stereocenters. The summed E-state index contributed by atoms with van der Waals surface area (Å²) in [6, 6.07) is 7.85. The monoisotopic (exact) mass is 493 g/mol.